The van der Waals surface area contributed by atoms with Gasteiger partial charge in [0.15, 0.2) is 5.96 Å². The standard InChI is InChI=1S/C19H24ClN5O.HI/c1-21-19(24(3)13-16-10-15(20)12-23(16)2)22-11-18(26)25-9-8-14-6-4-5-7-17(14)25;/h4-7,10,12H,8-9,11,13H2,1-3H3,(H,21,22);1H. The van der Waals surface area contributed by atoms with E-state index in [-0.39, 0.29) is 36.4 Å². The number of aliphatic imine (C=N–C) groups is 1. The number of halogens is 2. The number of aryl methyl sites for hydroxylation is 1. The molecule has 0 saturated heterocycles. The second-order valence-electron chi connectivity index (χ2n) is 6.44. The van der Waals surface area contributed by atoms with Crippen LogP contribution in [0.4, 0.5) is 5.69 Å². The Labute approximate surface area is 182 Å². The summed E-state index contributed by atoms with van der Waals surface area (Å²) in [4.78, 5) is 20.7. The van der Waals surface area contributed by atoms with Crippen molar-refractivity contribution in [3.63, 3.8) is 0 Å². The Morgan fingerprint density at radius 1 is 1.37 bits per heavy atom. The zero-order valence-corrected chi connectivity index (χ0v) is 18.9. The molecule has 1 aromatic heterocycles. The first kappa shape index (κ1) is 21.6. The summed E-state index contributed by atoms with van der Waals surface area (Å²) >= 11 is 6.04. The van der Waals surface area contributed by atoms with Crippen LogP contribution in [-0.2, 0) is 24.8 Å². The molecule has 1 amide bonds. The van der Waals surface area contributed by atoms with E-state index in [0.717, 1.165) is 24.3 Å². The Bertz CT molecular complexity index is 835. The first-order chi connectivity index (χ1) is 12.5. The molecule has 0 fully saturated rings. The molecule has 27 heavy (non-hydrogen) atoms. The van der Waals surface area contributed by atoms with Gasteiger partial charge in [-0.1, -0.05) is 29.8 Å². The van der Waals surface area contributed by atoms with Crippen LogP contribution >= 0.6 is 35.6 Å². The van der Waals surface area contributed by atoms with Gasteiger partial charge in [0.25, 0.3) is 0 Å². The van der Waals surface area contributed by atoms with Crippen molar-refractivity contribution in [1.82, 2.24) is 14.8 Å². The van der Waals surface area contributed by atoms with Crippen molar-refractivity contribution in [2.45, 2.75) is 13.0 Å². The molecule has 1 aliphatic heterocycles. The van der Waals surface area contributed by atoms with E-state index in [9.17, 15) is 4.79 Å². The number of amides is 1. The fourth-order valence-corrected chi connectivity index (χ4v) is 3.55. The number of nitrogens with one attached hydrogen (secondary N) is 1. The highest BCUT2D eigenvalue weighted by Crippen LogP contribution is 2.27. The van der Waals surface area contributed by atoms with Gasteiger partial charge < -0.3 is 19.7 Å². The minimum atomic E-state index is 0. The average Bonchev–Trinajstić information content (AvgIpc) is 3.18. The van der Waals surface area contributed by atoms with Crippen LogP contribution in [0.25, 0.3) is 0 Å². The minimum absolute atomic E-state index is 0. The summed E-state index contributed by atoms with van der Waals surface area (Å²) in [5.74, 6) is 0.717. The number of fused-ring (bicyclic) bond motifs is 1. The molecule has 2 heterocycles. The van der Waals surface area contributed by atoms with Gasteiger partial charge in [-0.2, -0.15) is 0 Å². The van der Waals surface area contributed by atoms with Crippen molar-refractivity contribution in [1.29, 1.82) is 0 Å². The van der Waals surface area contributed by atoms with Crippen LogP contribution in [-0.4, -0.2) is 48.5 Å². The largest absolute Gasteiger partial charge is 0.351 e. The molecule has 3 rings (SSSR count). The normalized spacial score (nSPS) is 13.2. The molecule has 8 heteroatoms. The van der Waals surface area contributed by atoms with Crippen molar-refractivity contribution in [2.24, 2.45) is 12.0 Å². The lowest BCUT2D eigenvalue weighted by atomic mass is 10.2. The third-order valence-electron chi connectivity index (χ3n) is 4.63. The Hall–Kier alpha value is -1.74. The van der Waals surface area contributed by atoms with Crippen molar-refractivity contribution in [2.75, 3.05) is 32.1 Å². The summed E-state index contributed by atoms with van der Waals surface area (Å²) in [6, 6.07) is 9.99. The summed E-state index contributed by atoms with van der Waals surface area (Å²) in [5, 5.41) is 3.88. The summed E-state index contributed by atoms with van der Waals surface area (Å²) in [5.41, 5.74) is 3.31. The van der Waals surface area contributed by atoms with Gasteiger partial charge in [0.1, 0.15) is 0 Å². The summed E-state index contributed by atoms with van der Waals surface area (Å²) in [6.07, 6.45) is 2.78. The average molecular weight is 502 g/mol. The molecule has 0 atom stereocenters. The van der Waals surface area contributed by atoms with Crippen molar-refractivity contribution >= 4 is 53.1 Å². The fourth-order valence-electron chi connectivity index (χ4n) is 3.27. The Kier molecular flexibility index (Phi) is 7.55. The van der Waals surface area contributed by atoms with E-state index in [2.05, 4.69) is 16.4 Å². The van der Waals surface area contributed by atoms with Gasteiger partial charge in [-0.3, -0.25) is 9.79 Å². The van der Waals surface area contributed by atoms with Crippen LogP contribution < -0.4 is 10.2 Å². The maximum Gasteiger partial charge on any atom is 0.246 e. The maximum atomic E-state index is 12.6. The maximum absolute atomic E-state index is 12.6. The van der Waals surface area contributed by atoms with Gasteiger partial charge in [0.05, 0.1) is 18.1 Å². The molecule has 1 aromatic carbocycles. The predicted molar refractivity (Wildman–Crippen MR) is 121 cm³/mol. The fraction of sp³-hybridized carbons (Fsp3) is 0.368. The van der Waals surface area contributed by atoms with Crippen LogP contribution in [0.2, 0.25) is 5.02 Å². The number of carbonyl (C=O) groups excluding carboxylic acids is 1. The molecule has 0 saturated carbocycles. The highest BCUT2D eigenvalue weighted by Gasteiger charge is 2.24. The molecule has 0 unspecified atom stereocenters. The SMILES string of the molecule is CN=C(NCC(=O)N1CCc2ccccc21)N(C)Cc1cc(Cl)cn1C.I. The number of para-hydroxylation sites is 1. The van der Waals surface area contributed by atoms with E-state index in [1.54, 1.807) is 7.05 Å². The number of hydrogen-bond donors (Lipinski definition) is 1. The molecule has 6 nitrogen and oxygen atoms in total. The van der Waals surface area contributed by atoms with E-state index in [0.29, 0.717) is 17.5 Å². The van der Waals surface area contributed by atoms with Gasteiger partial charge in [-0.15, -0.1) is 24.0 Å². The molecule has 1 N–H and O–H groups in total. The first-order valence-electron chi connectivity index (χ1n) is 8.60. The van der Waals surface area contributed by atoms with E-state index < -0.39 is 0 Å². The number of benzene rings is 1. The molecule has 0 bridgehead atoms. The third kappa shape index (κ3) is 4.95. The lowest BCUT2D eigenvalue weighted by Crippen LogP contribution is -2.45. The number of carbonyl (C=O) groups is 1. The number of hydrogen-bond acceptors (Lipinski definition) is 2. The molecule has 2 aromatic rings. The highest BCUT2D eigenvalue weighted by atomic mass is 127. The Morgan fingerprint density at radius 3 is 2.78 bits per heavy atom. The number of aromatic nitrogens is 1. The zero-order chi connectivity index (χ0) is 18.7. The van der Waals surface area contributed by atoms with Gasteiger partial charge in [-0.25, -0.2) is 0 Å². The topological polar surface area (TPSA) is 52.9 Å². The second-order valence-corrected chi connectivity index (χ2v) is 6.88. The van der Waals surface area contributed by atoms with E-state index in [1.807, 2.05) is 58.9 Å². The molecular weight excluding hydrogens is 477 g/mol. The highest BCUT2D eigenvalue weighted by molar-refractivity contribution is 14.0. The van der Waals surface area contributed by atoms with Crippen molar-refractivity contribution < 1.29 is 4.79 Å². The van der Waals surface area contributed by atoms with E-state index in [4.69, 9.17) is 11.6 Å². The number of anilines is 1. The monoisotopic (exact) mass is 501 g/mol. The molecule has 0 aliphatic carbocycles. The lowest BCUT2D eigenvalue weighted by Gasteiger charge is -2.23. The van der Waals surface area contributed by atoms with E-state index in [1.165, 1.54) is 5.56 Å². The molecule has 1 aliphatic rings. The van der Waals surface area contributed by atoms with Crippen molar-refractivity contribution in [3.8, 4) is 0 Å². The lowest BCUT2D eigenvalue weighted by molar-refractivity contribution is -0.117. The first-order valence-corrected chi connectivity index (χ1v) is 8.98. The predicted octanol–water partition coefficient (Wildman–Crippen LogP) is 2.89. The van der Waals surface area contributed by atoms with Crippen LogP contribution in [0, 0.1) is 0 Å². The quantitative estimate of drug-likeness (QED) is 0.398. The van der Waals surface area contributed by atoms with E-state index >= 15 is 0 Å². The number of guanidine groups is 1. The summed E-state index contributed by atoms with van der Waals surface area (Å²) < 4.78 is 1.98. The van der Waals surface area contributed by atoms with Gasteiger partial charge in [-0.05, 0) is 24.1 Å². The minimum Gasteiger partial charge on any atom is -0.351 e. The van der Waals surface area contributed by atoms with Gasteiger partial charge in [0, 0.05) is 45.3 Å². The van der Waals surface area contributed by atoms with Crippen LogP contribution in [0.3, 0.4) is 0 Å². The summed E-state index contributed by atoms with van der Waals surface area (Å²) in [7, 11) is 5.61. The summed E-state index contributed by atoms with van der Waals surface area (Å²) in [6.45, 7) is 1.58. The van der Waals surface area contributed by atoms with Crippen LogP contribution in [0.1, 0.15) is 11.3 Å². The third-order valence-corrected chi connectivity index (χ3v) is 4.84. The smallest absolute Gasteiger partial charge is 0.246 e. The second kappa shape index (κ2) is 9.45. The van der Waals surface area contributed by atoms with Crippen LogP contribution in [0.15, 0.2) is 41.5 Å². The molecular formula is C19H25ClIN5O. The van der Waals surface area contributed by atoms with Crippen molar-refractivity contribution in [3.05, 3.63) is 52.8 Å². The number of nitrogens with zero attached hydrogens (tertiary/aromatic N) is 4. The van der Waals surface area contributed by atoms with Gasteiger partial charge >= 0.3 is 0 Å². The molecule has 0 radical (unpaired) electrons. The van der Waals surface area contributed by atoms with Gasteiger partial charge in [0.2, 0.25) is 5.91 Å². The molecule has 0 spiro atoms. The zero-order valence-electron chi connectivity index (χ0n) is 15.8. The number of rotatable bonds is 4. The Morgan fingerprint density at radius 2 is 2.11 bits per heavy atom. The molecule has 146 valence electrons. The van der Waals surface area contributed by atoms with Crippen LogP contribution in [0.5, 0.6) is 0 Å². The Balaban J connectivity index is 0.00000261.